The first-order chi connectivity index (χ1) is 7.36. The van der Waals surface area contributed by atoms with Crippen LogP contribution in [-0.2, 0) is 4.74 Å². The standard InChI is InChI=1S/C12H22N2O/c1-15-11-5-10(6-11)14-7-9-3-2-4-13-12(9)8-14/h9-13H,2-8H2,1H3. The van der Waals surface area contributed by atoms with Crippen LogP contribution < -0.4 is 5.32 Å². The van der Waals surface area contributed by atoms with Gasteiger partial charge in [-0.05, 0) is 38.1 Å². The summed E-state index contributed by atoms with van der Waals surface area (Å²) in [7, 11) is 1.84. The van der Waals surface area contributed by atoms with Gasteiger partial charge >= 0.3 is 0 Å². The molecule has 2 aliphatic heterocycles. The number of hydrogen-bond acceptors (Lipinski definition) is 3. The number of methoxy groups -OCH3 is 1. The van der Waals surface area contributed by atoms with Crippen LogP contribution in [0.2, 0.25) is 0 Å². The van der Waals surface area contributed by atoms with Crippen LogP contribution in [0, 0.1) is 5.92 Å². The van der Waals surface area contributed by atoms with Crippen LogP contribution in [0.4, 0.5) is 0 Å². The van der Waals surface area contributed by atoms with E-state index in [9.17, 15) is 0 Å². The van der Waals surface area contributed by atoms with Gasteiger partial charge in [-0.25, -0.2) is 0 Å². The maximum absolute atomic E-state index is 5.35. The maximum Gasteiger partial charge on any atom is 0.0601 e. The molecule has 0 aromatic heterocycles. The fourth-order valence-electron chi connectivity index (χ4n) is 3.41. The molecule has 3 aliphatic rings. The summed E-state index contributed by atoms with van der Waals surface area (Å²) in [5.74, 6) is 0.931. The number of piperidine rings is 1. The van der Waals surface area contributed by atoms with Crippen LogP contribution in [0.15, 0.2) is 0 Å². The van der Waals surface area contributed by atoms with Crippen molar-refractivity contribution in [3.63, 3.8) is 0 Å². The number of likely N-dealkylation sites (tertiary alicyclic amines) is 1. The van der Waals surface area contributed by atoms with Gasteiger partial charge in [0.2, 0.25) is 0 Å². The van der Waals surface area contributed by atoms with Crippen LogP contribution in [-0.4, -0.2) is 49.8 Å². The van der Waals surface area contributed by atoms with Crippen LogP contribution in [0.3, 0.4) is 0 Å². The second-order valence-corrected chi connectivity index (χ2v) is 5.40. The van der Waals surface area contributed by atoms with E-state index in [1.54, 1.807) is 0 Å². The zero-order valence-corrected chi connectivity index (χ0v) is 9.61. The van der Waals surface area contributed by atoms with Gasteiger partial charge in [0.1, 0.15) is 0 Å². The van der Waals surface area contributed by atoms with E-state index in [4.69, 9.17) is 4.74 Å². The third-order valence-corrected chi connectivity index (χ3v) is 4.55. The van der Waals surface area contributed by atoms with Gasteiger partial charge in [-0.3, -0.25) is 4.90 Å². The lowest BCUT2D eigenvalue weighted by Crippen LogP contribution is -2.47. The van der Waals surface area contributed by atoms with Crippen molar-refractivity contribution in [2.45, 2.75) is 43.9 Å². The van der Waals surface area contributed by atoms with Crippen molar-refractivity contribution in [2.75, 3.05) is 26.7 Å². The number of rotatable bonds is 2. The molecule has 3 rings (SSSR count). The van der Waals surface area contributed by atoms with Crippen LogP contribution in [0.1, 0.15) is 25.7 Å². The molecule has 0 radical (unpaired) electrons. The van der Waals surface area contributed by atoms with Crippen molar-refractivity contribution in [1.29, 1.82) is 0 Å². The van der Waals surface area contributed by atoms with Gasteiger partial charge in [0.05, 0.1) is 6.10 Å². The van der Waals surface area contributed by atoms with Crippen molar-refractivity contribution in [3.05, 3.63) is 0 Å². The predicted molar refractivity (Wildman–Crippen MR) is 59.9 cm³/mol. The molecule has 2 heterocycles. The minimum atomic E-state index is 0.547. The second-order valence-electron chi connectivity index (χ2n) is 5.40. The summed E-state index contributed by atoms with van der Waals surface area (Å²) in [6, 6.07) is 1.61. The van der Waals surface area contributed by atoms with E-state index in [0.717, 1.165) is 18.0 Å². The average Bonchev–Trinajstić information content (AvgIpc) is 2.59. The zero-order chi connectivity index (χ0) is 10.3. The summed E-state index contributed by atoms with van der Waals surface area (Å²) in [5, 5.41) is 3.67. The van der Waals surface area contributed by atoms with Crippen molar-refractivity contribution in [2.24, 2.45) is 5.92 Å². The highest BCUT2D eigenvalue weighted by molar-refractivity contribution is 4.98. The van der Waals surface area contributed by atoms with Gasteiger partial charge in [-0.15, -0.1) is 0 Å². The Balaban J connectivity index is 1.53. The topological polar surface area (TPSA) is 24.5 Å². The maximum atomic E-state index is 5.35. The first-order valence-electron chi connectivity index (χ1n) is 6.37. The lowest BCUT2D eigenvalue weighted by molar-refractivity contribution is -0.0214. The Morgan fingerprint density at radius 2 is 2.13 bits per heavy atom. The molecule has 1 aliphatic carbocycles. The molecule has 1 saturated carbocycles. The van der Waals surface area contributed by atoms with Gasteiger partial charge in [-0.2, -0.15) is 0 Å². The molecule has 2 unspecified atom stereocenters. The number of nitrogens with zero attached hydrogens (tertiary/aromatic N) is 1. The second kappa shape index (κ2) is 4.04. The molecule has 0 aromatic rings. The van der Waals surface area contributed by atoms with E-state index in [0.29, 0.717) is 6.10 Å². The lowest BCUT2D eigenvalue weighted by Gasteiger charge is -2.40. The Hall–Kier alpha value is -0.120. The molecule has 0 bridgehead atoms. The first kappa shape index (κ1) is 10.1. The minimum Gasteiger partial charge on any atom is -0.381 e. The highest BCUT2D eigenvalue weighted by atomic mass is 16.5. The molecular weight excluding hydrogens is 188 g/mol. The SMILES string of the molecule is COC1CC(N2CC3CCCNC3C2)C1. The summed E-state index contributed by atoms with van der Waals surface area (Å²) in [6.45, 7) is 3.85. The summed E-state index contributed by atoms with van der Waals surface area (Å²) in [6.07, 6.45) is 5.88. The van der Waals surface area contributed by atoms with Crippen molar-refractivity contribution in [3.8, 4) is 0 Å². The number of nitrogens with one attached hydrogen (secondary N) is 1. The van der Waals surface area contributed by atoms with Crippen LogP contribution in [0.5, 0.6) is 0 Å². The summed E-state index contributed by atoms with van der Waals surface area (Å²) in [4.78, 5) is 2.70. The molecule has 1 N–H and O–H groups in total. The first-order valence-corrected chi connectivity index (χ1v) is 6.37. The molecular formula is C12H22N2O. The fraction of sp³-hybridized carbons (Fsp3) is 1.00. The highest BCUT2D eigenvalue weighted by Gasteiger charge is 2.41. The van der Waals surface area contributed by atoms with Gasteiger partial charge in [0.15, 0.2) is 0 Å². The average molecular weight is 210 g/mol. The van der Waals surface area contributed by atoms with Crippen molar-refractivity contribution in [1.82, 2.24) is 10.2 Å². The molecule has 2 atom stereocenters. The fourth-order valence-corrected chi connectivity index (χ4v) is 3.41. The van der Waals surface area contributed by atoms with E-state index in [1.165, 1.54) is 45.3 Å². The van der Waals surface area contributed by atoms with E-state index < -0.39 is 0 Å². The number of hydrogen-bond donors (Lipinski definition) is 1. The number of fused-ring (bicyclic) bond motifs is 1. The predicted octanol–water partition coefficient (Wildman–Crippen LogP) is 0.848. The molecule has 0 spiro atoms. The molecule has 0 amide bonds. The van der Waals surface area contributed by atoms with Crippen molar-refractivity contribution >= 4 is 0 Å². The van der Waals surface area contributed by atoms with Crippen LogP contribution >= 0.6 is 0 Å². The number of ether oxygens (including phenoxy) is 1. The van der Waals surface area contributed by atoms with Gasteiger partial charge in [0.25, 0.3) is 0 Å². The molecule has 3 nitrogen and oxygen atoms in total. The van der Waals surface area contributed by atoms with E-state index >= 15 is 0 Å². The van der Waals surface area contributed by atoms with E-state index in [2.05, 4.69) is 10.2 Å². The highest BCUT2D eigenvalue weighted by Crippen LogP contribution is 2.34. The largest absolute Gasteiger partial charge is 0.381 e. The zero-order valence-electron chi connectivity index (χ0n) is 9.61. The van der Waals surface area contributed by atoms with Gasteiger partial charge in [0, 0.05) is 32.3 Å². The molecule has 0 aromatic carbocycles. The van der Waals surface area contributed by atoms with Gasteiger partial charge < -0.3 is 10.1 Å². The Labute approximate surface area is 92.2 Å². The quantitative estimate of drug-likeness (QED) is 0.731. The molecule has 3 fully saturated rings. The molecule has 2 saturated heterocycles. The smallest absolute Gasteiger partial charge is 0.0601 e. The molecule has 15 heavy (non-hydrogen) atoms. The summed E-state index contributed by atoms with van der Waals surface area (Å²) >= 11 is 0. The third kappa shape index (κ3) is 1.81. The summed E-state index contributed by atoms with van der Waals surface area (Å²) < 4.78 is 5.35. The third-order valence-electron chi connectivity index (χ3n) is 4.55. The Morgan fingerprint density at radius 1 is 1.27 bits per heavy atom. The Morgan fingerprint density at radius 3 is 2.87 bits per heavy atom. The normalized spacial score (nSPS) is 46.2. The molecule has 86 valence electrons. The lowest BCUT2D eigenvalue weighted by atomic mass is 9.88. The minimum absolute atomic E-state index is 0.547. The monoisotopic (exact) mass is 210 g/mol. The Bertz CT molecular complexity index is 214. The molecule has 3 heteroatoms. The van der Waals surface area contributed by atoms with E-state index in [1.807, 2.05) is 7.11 Å². The van der Waals surface area contributed by atoms with E-state index in [-0.39, 0.29) is 0 Å². The Kier molecular flexibility index (Phi) is 2.71. The van der Waals surface area contributed by atoms with Crippen LogP contribution in [0.25, 0.3) is 0 Å². The van der Waals surface area contributed by atoms with Gasteiger partial charge in [-0.1, -0.05) is 0 Å². The van der Waals surface area contributed by atoms with Crippen molar-refractivity contribution < 1.29 is 4.74 Å². The summed E-state index contributed by atoms with van der Waals surface area (Å²) in [5.41, 5.74) is 0.